The van der Waals surface area contributed by atoms with Crippen molar-refractivity contribution in [2.24, 2.45) is 5.41 Å². The second-order valence-electron chi connectivity index (χ2n) is 18.0. The van der Waals surface area contributed by atoms with E-state index in [1.54, 1.807) is 53.0 Å². The Morgan fingerprint density at radius 1 is 1.06 bits per heavy atom. The maximum atomic E-state index is 15.4. The Labute approximate surface area is 399 Å². The van der Waals surface area contributed by atoms with E-state index >= 15 is 4.39 Å². The van der Waals surface area contributed by atoms with Gasteiger partial charge in [-0.25, -0.2) is 14.4 Å². The second kappa shape index (κ2) is 19.7. The number of carbonyl (C=O) groups is 3. The number of β-amino-alcohol motifs (C(OH)–C–C–N with tert-alkyl or cyclic N) is 1. The number of aryl methyl sites for hydroxylation is 1. The molecule has 3 amide bonds. The molecule has 3 aromatic heterocycles. The van der Waals surface area contributed by atoms with Crippen molar-refractivity contribution in [3.63, 3.8) is 0 Å². The minimum absolute atomic E-state index is 0.105. The van der Waals surface area contributed by atoms with E-state index in [1.807, 2.05) is 27.7 Å². The van der Waals surface area contributed by atoms with Crippen molar-refractivity contribution in [2.75, 3.05) is 36.2 Å². The van der Waals surface area contributed by atoms with Crippen molar-refractivity contribution in [1.82, 2.24) is 30.2 Å². The third-order valence-corrected chi connectivity index (χ3v) is 13.0. The average molecular weight is 976 g/mol. The molecule has 68 heavy (non-hydrogen) atoms. The topological polar surface area (TPSA) is 190 Å². The first-order valence-electron chi connectivity index (χ1n) is 21.6. The number of nitriles is 1. The zero-order valence-electron chi connectivity index (χ0n) is 38.0. The fourth-order valence-electron chi connectivity index (χ4n) is 8.14. The summed E-state index contributed by atoms with van der Waals surface area (Å²) in [5, 5.41) is 22.4. The summed E-state index contributed by atoms with van der Waals surface area (Å²) in [5.74, 6) is -2.16. The van der Waals surface area contributed by atoms with E-state index in [1.165, 1.54) is 42.4 Å². The largest absolute Gasteiger partial charge is 0.494 e. The summed E-state index contributed by atoms with van der Waals surface area (Å²) in [6.45, 7) is 11.0. The Morgan fingerprint density at radius 3 is 2.41 bits per heavy atom. The molecule has 2 aliphatic rings. The molecular weight excluding hydrogens is 927 g/mol. The van der Waals surface area contributed by atoms with Crippen molar-refractivity contribution in [1.29, 1.82) is 5.26 Å². The first kappa shape index (κ1) is 49.6. The van der Waals surface area contributed by atoms with Crippen molar-refractivity contribution in [2.45, 2.75) is 90.7 Å². The molecule has 2 fully saturated rings. The highest BCUT2D eigenvalue weighted by molar-refractivity contribution is 7.81. The van der Waals surface area contributed by atoms with Crippen molar-refractivity contribution in [3.8, 4) is 33.6 Å². The predicted octanol–water partition coefficient (Wildman–Crippen LogP) is 7.89. The van der Waals surface area contributed by atoms with Crippen LogP contribution in [0.15, 0.2) is 66.4 Å². The SMILES string of the molecule is Cc1ncsc1-c1cnc([C@@H]2C[C@@H](O)CN2C(=O)[C@@H](NC(=O)COCCCCOc2ccc(-c3ccc(N4C(=S)N(c5ccc(C#N)c(C(F)(F)F)c5F)C(=O)C4(C)C)cn3)cc2)C(C)(C)C)[nH]1. The lowest BCUT2D eigenvalue weighted by Gasteiger charge is -2.35. The van der Waals surface area contributed by atoms with Crippen LogP contribution in [0.5, 0.6) is 5.75 Å². The molecule has 5 heterocycles. The summed E-state index contributed by atoms with van der Waals surface area (Å²) in [5.41, 5.74) is -0.477. The van der Waals surface area contributed by atoms with Gasteiger partial charge in [0.05, 0.1) is 81.6 Å². The Kier molecular flexibility index (Phi) is 14.4. The van der Waals surface area contributed by atoms with E-state index in [9.17, 15) is 37.9 Å². The number of unbranched alkanes of at least 4 members (excludes halogenated alkanes) is 1. The summed E-state index contributed by atoms with van der Waals surface area (Å²) in [4.78, 5) is 62.0. The number of hydrogen-bond acceptors (Lipinski definition) is 12. The molecule has 0 spiro atoms. The van der Waals surface area contributed by atoms with Crippen molar-refractivity contribution < 1.29 is 46.5 Å². The van der Waals surface area contributed by atoms with Gasteiger partial charge in [0.1, 0.15) is 35.3 Å². The Morgan fingerprint density at radius 2 is 1.78 bits per heavy atom. The molecule has 3 atom stereocenters. The number of amides is 3. The number of imidazole rings is 1. The van der Waals surface area contributed by atoms with E-state index in [0.717, 1.165) is 34.0 Å². The zero-order chi connectivity index (χ0) is 49.3. The van der Waals surface area contributed by atoms with Gasteiger partial charge >= 0.3 is 6.18 Å². The number of anilines is 2. The van der Waals surface area contributed by atoms with Gasteiger partial charge in [-0.3, -0.25) is 24.3 Å². The number of aliphatic hydroxyl groups excluding tert-OH is 1. The second-order valence-corrected chi connectivity index (χ2v) is 19.2. The number of aliphatic hydroxyl groups is 1. The molecule has 358 valence electrons. The van der Waals surface area contributed by atoms with Crippen molar-refractivity contribution in [3.05, 3.63) is 94.9 Å². The first-order valence-corrected chi connectivity index (χ1v) is 22.9. The number of H-pyrrole nitrogens is 1. The van der Waals surface area contributed by atoms with E-state index in [4.69, 9.17) is 21.7 Å². The average Bonchev–Trinajstić information content (AvgIpc) is 4.07. The first-order chi connectivity index (χ1) is 32.1. The molecule has 0 aliphatic carbocycles. The Bertz CT molecular complexity index is 2730. The number of nitrogens with one attached hydrogen (secondary N) is 2. The molecule has 5 aromatic rings. The van der Waals surface area contributed by atoms with Gasteiger partial charge in [0, 0.05) is 25.1 Å². The number of aromatic amines is 1. The van der Waals surface area contributed by atoms with E-state index in [2.05, 4.69) is 25.3 Å². The van der Waals surface area contributed by atoms with Gasteiger partial charge in [0.15, 0.2) is 10.9 Å². The molecule has 7 rings (SSSR count). The van der Waals surface area contributed by atoms with Gasteiger partial charge in [0.2, 0.25) is 11.8 Å². The number of carbonyl (C=O) groups excluding carboxylic acids is 3. The van der Waals surface area contributed by atoms with E-state index in [-0.39, 0.29) is 30.8 Å². The number of halogens is 4. The quantitative estimate of drug-likeness (QED) is 0.0524. The van der Waals surface area contributed by atoms with Crippen LogP contribution in [0.2, 0.25) is 0 Å². The fourth-order valence-corrected chi connectivity index (χ4v) is 9.42. The molecule has 2 saturated heterocycles. The van der Waals surface area contributed by atoms with Crippen LogP contribution in [0.4, 0.5) is 28.9 Å². The number of nitrogens with zero attached hydrogens (tertiary/aromatic N) is 7. The van der Waals surface area contributed by atoms with Crippen LogP contribution < -0.4 is 19.9 Å². The Balaban J connectivity index is 0.869. The lowest BCUT2D eigenvalue weighted by molar-refractivity contribution is -0.141. The molecule has 3 N–H and O–H groups in total. The molecular formula is C47H49F4N9O6S2. The number of ether oxygens (including phenoxy) is 2. The molecule has 2 aromatic carbocycles. The third-order valence-electron chi connectivity index (χ3n) is 11.7. The van der Waals surface area contributed by atoms with Crippen LogP contribution in [0.1, 0.15) is 82.6 Å². The smallest absolute Gasteiger partial charge is 0.420 e. The van der Waals surface area contributed by atoms with Crippen LogP contribution in [-0.2, 0) is 25.3 Å². The molecule has 0 unspecified atom stereocenters. The number of alkyl halides is 3. The number of rotatable bonds is 15. The number of benzene rings is 2. The summed E-state index contributed by atoms with van der Waals surface area (Å²) in [7, 11) is 0. The number of hydrogen-bond donors (Lipinski definition) is 3. The molecule has 21 heteroatoms. The van der Waals surface area contributed by atoms with Gasteiger partial charge in [0.25, 0.3) is 5.91 Å². The van der Waals surface area contributed by atoms with Crippen LogP contribution in [0.25, 0.3) is 21.8 Å². The van der Waals surface area contributed by atoms with Crippen molar-refractivity contribution >= 4 is 57.8 Å². The van der Waals surface area contributed by atoms with Gasteiger partial charge in [-0.2, -0.15) is 18.4 Å². The minimum atomic E-state index is -5.19. The lowest BCUT2D eigenvalue weighted by atomic mass is 9.85. The number of pyridine rings is 1. The molecule has 0 saturated carbocycles. The normalized spacial score (nSPS) is 17.7. The minimum Gasteiger partial charge on any atom is -0.494 e. The third kappa shape index (κ3) is 10.2. The van der Waals surface area contributed by atoms with Crippen LogP contribution in [-0.4, -0.2) is 96.8 Å². The lowest BCUT2D eigenvalue weighted by Crippen LogP contribution is -2.55. The Hall–Kier alpha value is -6.34. The van der Waals surface area contributed by atoms with Gasteiger partial charge in [-0.1, -0.05) is 20.8 Å². The number of likely N-dealkylation sites (tertiary alicyclic amines) is 1. The van der Waals surface area contributed by atoms with Crippen LogP contribution in [0.3, 0.4) is 0 Å². The van der Waals surface area contributed by atoms with E-state index < -0.39 is 69.8 Å². The van der Waals surface area contributed by atoms with Gasteiger partial charge in [-0.15, -0.1) is 11.3 Å². The molecule has 2 aliphatic heterocycles. The maximum absolute atomic E-state index is 15.4. The summed E-state index contributed by atoms with van der Waals surface area (Å²) < 4.78 is 68.3. The van der Waals surface area contributed by atoms with E-state index in [0.29, 0.717) is 53.7 Å². The summed E-state index contributed by atoms with van der Waals surface area (Å²) >= 11 is 7.01. The molecule has 0 bridgehead atoms. The highest BCUT2D eigenvalue weighted by Crippen LogP contribution is 2.42. The summed E-state index contributed by atoms with van der Waals surface area (Å²) in [6.07, 6.45) is -1.26. The fraction of sp³-hybridized carbons (Fsp3) is 0.404. The number of aromatic nitrogens is 4. The number of thiocarbonyl (C=S) groups is 1. The number of thiazole rings is 1. The standard InChI is InChI=1S/C47H49F4N9O6S2/c1-26-39(68-25-55-26)33-22-54-41(56-33)35-19-30(61)23-58(35)42(63)40(45(2,3)4)57-36(62)24-65-17-7-8-18-66-31-13-9-27(10-14-31)32-15-12-29(21-53-32)60-44(67)59(43(64)46(60,5)6)34-16-11-28(20-52)37(38(34)48)47(49,50)51/h9-16,21-22,25,30,35,40,61H,7-8,17-19,23-24H2,1-6H3,(H,54,56)(H,57,62)/t30-,35+,40-/m1/s1. The van der Waals surface area contributed by atoms with Crippen LogP contribution >= 0.6 is 23.6 Å². The van der Waals surface area contributed by atoms with Crippen LogP contribution in [0, 0.1) is 29.5 Å². The zero-order valence-corrected chi connectivity index (χ0v) is 39.6. The highest BCUT2D eigenvalue weighted by atomic mass is 32.1. The predicted molar refractivity (Wildman–Crippen MR) is 249 cm³/mol. The molecule has 15 nitrogen and oxygen atoms in total. The highest BCUT2D eigenvalue weighted by Gasteiger charge is 2.52. The van der Waals surface area contributed by atoms with Gasteiger partial charge < -0.3 is 34.7 Å². The maximum Gasteiger partial charge on any atom is 0.420 e. The monoisotopic (exact) mass is 975 g/mol. The summed E-state index contributed by atoms with van der Waals surface area (Å²) in [6, 6.07) is 12.2. The van der Waals surface area contributed by atoms with Gasteiger partial charge in [-0.05, 0) is 99.8 Å². The molecule has 0 radical (unpaired) electrons.